The van der Waals surface area contributed by atoms with Crippen LogP contribution in [0.5, 0.6) is 5.75 Å². The summed E-state index contributed by atoms with van der Waals surface area (Å²) in [6, 6.07) is 10.5. The third-order valence-electron chi connectivity index (χ3n) is 3.76. The molecule has 0 aliphatic carbocycles. The van der Waals surface area contributed by atoms with Crippen LogP contribution >= 0.6 is 35.3 Å². The van der Waals surface area contributed by atoms with Gasteiger partial charge in [-0.3, -0.25) is 0 Å². The molecule has 7 heteroatoms. The van der Waals surface area contributed by atoms with E-state index < -0.39 is 0 Å². The summed E-state index contributed by atoms with van der Waals surface area (Å²) in [6.45, 7) is 7.50. The molecule has 0 bridgehead atoms. The van der Waals surface area contributed by atoms with Crippen LogP contribution in [0, 0.1) is 6.92 Å². The Morgan fingerprint density at radius 1 is 1.19 bits per heavy atom. The number of hydrogen-bond donors (Lipinski definition) is 2. The summed E-state index contributed by atoms with van der Waals surface area (Å²) in [7, 11) is 1.68. The molecule has 0 aliphatic heterocycles. The van der Waals surface area contributed by atoms with Crippen LogP contribution in [0.25, 0.3) is 0 Å². The van der Waals surface area contributed by atoms with E-state index in [9.17, 15) is 0 Å². The van der Waals surface area contributed by atoms with Crippen molar-refractivity contribution < 1.29 is 9.47 Å². The van der Waals surface area contributed by atoms with Gasteiger partial charge in [-0.15, -0.1) is 35.3 Å². The second-order valence-electron chi connectivity index (χ2n) is 5.90. The van der Waals surface area contributed by atoms with Crippen LogP contribution < -0.4 is 15.4 Å². The first-order valence-electron chi connectivity index (χ1n) is 8.98. The highest BCUT2D eigenvalue weighted by molar-refractivity contribution is 14.0. The predicted octanol–water partition coefficient (Wildman–Crippen LogP) is 4.00. The number of halogens is 1. The summed E-state index contributed by atoms with van der Waals surface area (Å²) < 4.78 is 10.9. The number of nitrogens with zero attached hydrogens (tertiary/aromatic N) is 1. The fourth-order valence-corrected chi connectivity index (χ4v) is 3.14. The highest BCUT2D eigenvalue weighted by Gasteiger charge is 2.05. The van der Waals surface area contributed by atoms with Gasteiger partial charge in [0.25, 0.3) is 0 Å². The molecule has 0 aliphatic rings. The lowest BCUT2D eigenvalue weighted by atomic mass is 10.1. The molecule has 1 aromatic carbocycles. The summed E-state index contributed by atoms with van der Waals surface area (Å²) in [6.07, 6.45) is 0.998. The zero-order valence-electron chi connectivity index (χ0n) is 16.3. The minimum Gasteiger partial charge on any atom is -0.491 e. The smallest absolute Gasteiger partial charge is 0.191 e. The molecule has 2 rings (SSSR count). The SMILES string of the molecule is CCNC(=NCc1ccc(C)cc1OCCOC)NCCc1cccs1.I. The first kappa shape index (κ1) is 23.7. The average molecular weight is 503 g/mol. The molecule has 0 fully saturated rings. The lowest BCUT2D eigenvalue weighted by Gasteiger charge is -2.13. The lowest BCUT2D eigenvalue weighted by molar-refractivity contribution is 0.145. The normalized spacial score (nSPS) is 11.0. The van der Waals surface area contributed by atoms with Crippen molar-refractivity contribution in [1.82, 2.24) is 10.6 Å². The van der Waals surface area contributed by atoms with Crippen molar-refractivity contribution in [2.75, 3.05) is 33.4 Å². The number of aliphatic imine (C=N–C) groups is 1. The zero-order chi connectivity index (χ0) is 18.6. The molecule has 0 unspecified atom stereocenters. The molecule has 1 heterocycles. The van der Waals surface area contributed by atoms with Crippen molar-refractivity contribution in [3.63, 3.8) is 0 Å². The molecule has 150 valence electrons. The third-order valence-corrected chi connectivity index (χ3v) is 4.70. The quantitative estimate of drug-likeness (QED) is 0.223. The molecule has 5 nitrogen and oxygen atoms in total. The number of methoxy groups -OCH3 is 1. The van der Waals surface area contributed by atoms with Crippen LogP contribution in [0.15, 0.2) is 40.7 Å². The number of rotatable bonds is 10. The van der Waals surface area contributed by atoms with E-state index in [2.05, 4.69) is 60.2 Å². The van der Waals surface area contributed by atoms with Gasteiger partial charge in [0.15, 0.2) is 5.96 Å². The maximum Gasteiger partial charge on any atom is 0.191 e. The van der Waals surface area contributed by atoms with Crippen molar-refractivity contribution in [3.8, 4) is 5.75 Å². The van der Waals surface area contributed by atoms with Crippen molar-refractivity contribution in [2.45, 2.75) is 26.8 Å². The van der Waals surface area contributed by atoms with E-state index >= 15 is 0 Å². The average Bonchev–Trinajstić information content (AvgIpc) is 3.14. The molecule has 0 radical (unpaired) electrons. The summed E-state index contributed by atoms with van der Waals surface area (Å²) >= 11 is 1.78. The Labute approximate surface area is 183 Å². The van der Waals surface area contributed by atoms with Crippen molar-refractivity contribution in [2.24, 2.45) is 4.99 Å². The maximum atomic E-state index is 5.85. The largest absolute Gasteiger partial charge is 0.491 e. The topological polar surface area (TPSA) is 54.9 Å². The Morgan fingerprint density at radius 2 is 2.04 bits per heavy atom. The van der Waals surface area contributed by atoms with Gasteiger partial charge < -0.3 is 20.1 Å². The predicted molar refractivity (Wildman–Crippen MR) is 125 cm³/mol. The minimum absolute atomic E-state index is 0. The van der Waals surface area contributed by atoms with Crippen LogP contribution in [0.1, 0.15) is 22.9 Å². The Morgan fingerprint density at radius 3 is 2.74 bits per heavy atom. The van der Waals surface area contributed by atoms with E-state index in [1.165, 1.54) is 10.4 Å². The second kappa shape index (κ2) is 13.8. The van der Waals surface area contributed by atoms with Gasteiger partial charge in [-0.25, -0.2) is 4.99 Å². The van der Waals surface area contributed by atoms with Crippen LogP contribution in [0.2, 0.25) is 0 Å². The second-order valence-corrected chi connectivity index (χ2v) is 6.94. The Balaban J connectivity index is 0.00000364. The van der Waals surface area contributed by atoms with E-state index in [0.29, 0.717) is 19.8 Å². The van der Waals surface area contributed by atoms with Crippen molar-refractivity contribution >= 4 is 41.3 Å². The molecule has 0 saturated heterocycles. The molecule has 0 amide bonds. The fraction of sp³-hybridized carbons (Fsp3) is 0.450. The number of aryl methyl sites for hydroxylation is 1. The zero-order valence-corrected chi connectivity index (χ0v) is 19.4. The molecule has 1 aromatic heterocycles. The molecular formula is C20H30IN3O2S. The van der Waals surface area contributed by atoms with Crippen LogP contribution in [-0.4, -0.2) is 39.4 Å². The first-order chi connectivity index (χ1) is 12.7. The summed E-state index contributed by atoms with van der Waals surface area (Å²) in [5.74, 6) is 1.70. The lowest BCUT2D eigenvalue weighted by Crippen LogP contribution is -2.38. The number of hydrogen-bond acceptors (Lipinski definition) is 4. The Kier molecular flexibility index (Phi) is 12.1. The number of thiophene rings is 1. The van der Waals surface area contributed by atoms with Gasteiger partial charge in [0.05, 0.1) is 13.2 Å². The van der Waals surface area contributed by atoms with Gasteiger partial charge in [-0.2, -0.15) is 0 Å². The number of ether oxygens (including phenoxy) is 2. The van der Waals surface area contributed by atoms with Crippen molar-refractivity contribution in [1.29, 1.82) is 0 Å². The third kappa shape index (κ3) is 8.94. The highest BCUT2D eigenvalue weighted by atomic mass is 127. The molecule has 2 N–H and O–H groups in total. The van der Waals surface area contributed by atoms with Crippen LogP contribution in [-0.2, 0) is 17.7 Å². The summed E-state index contributed by atoms with van der Waals surface area (Å²) in [5, 5.41) is 8.80. The Bertz CT molecular complexity index is 678. The van der Waals surface area contributed by atoms with E-state index in [4.69, 9.17) is 14.5 Å². The number of nitrogens with one attached hydrogen (secondary N) is 2. The molecule has 27 heavy (non-hydrogen) atoms. The van der Waals surface area contributed by atoms with Gasteiger partial charge >= 0.3 is 0 Å². The van der Waals surface area contributed by atoms with Crippen LogP contribution in [0.3, 0.4) is 0 Å². The van der Waals surface area contributed by atoms with E-state index in [1.54, 1.807) is 18.4 Å². The molecule has 0 spiro atoms. The van der Waals surface area contributed by atoms with Gasteiger partial charge in [0, 0.05) is 30.6 Å². The fourth-order valence-electron chi connectivity index (χ4n) is 2.43. The highest BCUT2D eigenvalue weighted by Crippen LogP contribution is 2.21. The minimum atomic E-state index is 0. The van der Waals surface area contributed by atoms with Gasteiger partial charge in [0.2, 0.25) is 0 Å². The first-order valence-corrected chi connectivity index (χ1v) is 9.86. The summed E-state index contributed by atoms with van der Waals surface area (Å²) in [4.78, 5) is 6.08. The van der Waals surface area contributed by atoms with E-state index in [-0.39, 0.29) is 24.0 Å². The van der Waals surface area contributed by atoms with Gasteiger partial charge in [-0.1, -0.05) is 18.2 Å². The molecule has 2 aromatic rings. The molecule has 0 saturated carbocycles. The van der Waals surface area contributed by atoms with Crippen LogP contribution in [0.4, 0.5) is 0 Å². The molecular weight excluding hydrogens is 473 g/mol. The van der Waals surface area contributed by atoms with E-state index in [0.717, 1.165) is 36.8 Å². The summed E-state index contributed by atoms with van der Waals surface area (Å²) in [5.41, 5.74) is 2.24. The monoisotopic (exact) mass is 503 g/mol. The van der Waals surface area contributed by atoms with E-state index in [1.807, 2.05) is 0 Å². The van der Waals surface area contributed by atoms with Crippen molar-refractivity contribution in [3.05, 3.63) is 51.7 Å². The number of benzene rings is 1. The molecule has 0 atom stereocenters. The Hall–Kier alpha value is -1.32. The number of guanidine groups is 1. The maximum absolute atomic E-state index is 5.85. The van der Waals surface area contributed by atoms with Gasteiger partial charge in [0.1, 0.15) is 12.4 Å². The van der Waals surface area contributed by atoms with Gasteiger partial charge in [-0.05, 0) is 43.3 Å². The standard InChI is InChI=1S/C20H29N3O2S.HI/c1-4-21-20(22-10-9-18-6-5-13-26-18)23-15-17-8-7-16(2)14-19(17)25-12-11-24-3;/h5-8,13-14H,4,9-12,15H2,1-3H3,(H2,21,22,23);1H.